The minimum absolute atomic E-state index is 0.159. The molecule has 1 aliphatic carbocycles. The first-order valence-electron chi connectivity index (χ1n) is 9.72. The summed E-state index contributed by atoms with van der Waals surface area (Å²) in [6.45, 7) is 2.14. The number of oxazole rings is 1. The minimum Gasteiger partial charge on any atom is -0.492 e. The summed E-state index contributed by atoms with van der Waals surface area (Å²) >= 11 is 0. The van der Waals surface area contributed by atoms with E-state index < -0.39 is 0 Å². The van der Waals surface area contributed by atoms with Crippen molar-refractivity contribution in [2.45, 2.75) is 32.2 Å². The number of rotatable bonds is 1. The lowest BCUT2D eigenvalue weighted by Crippen LogP contribution is -2.38. The average molecular weight is 383 g/mol. The Morgan fingerprint density at radius 2 is 2.04 bits per heavy atom. The fourth-order valence-electron chi connectivity index (χ4n) is 3.64. The quantitative estimate of drug-likeness (QED) is 0.757. The van der Waals surface area contributed by atoms with Crippen LogP contribution in [-0.4, -0.2) is 53.3 Å². The topological polar surface area (TPSA) is 75.9 Å². The van der Waals surface area contributed by atoms with Crippen LogP contribution < -0.4 is 4.74 Å². The van der Waals surface area contributed by atoms with Crippen LogP contribution in [0, 0.1) is 5.41 Å². The fourth-order valence-corrected chi connectivity index (χ4v) is 3.64. The number of aromatic nitrogens is 1. The molecule has 2 aliphatic rings. The van der Waals surface area contributed by atoms with Gasteiger partial charge in [0, 0.05) is 26.7 Å². The third-order valence-electron chi connectivity index (χ3n) is 5.55. The first-order valence-corrected chi connectivity index (χ1v) is 9.72. The molecule has 1 aromatic carbocycles. The summed E-state index contributed by atoms with van der Waals surface area (Å²) in [5.41, 5.74) is 0.931. The number of carbonyl (C=O) groups excluding carboxylic acids is 2. The van der Waals surface area contributed by atoms with Crippen molar-refractivity contribution in [1.82, 2.24) is 14.8 Å². The number of hydrogen-bond acceptors (Lipinski definition) is 5. The summed E-state index contributed by atoms with van der Waals surface area (Å²) in [4.78, 5) is 33.2. The van der Waals surface area contributed by atoms with Gasteiger partial charge in [0.25, 0.3) is 5.91 Å². The van der Waals surface area contributed by atoms with Gasteiger partial charge < -0.3 is 19.0 Å². The van der Waals surface area contributed by atoms with E-state index in [2.05, 4.69) is 4.98 Å². The summed E-state index contributed by atoms with van der Waals surface area (Å²) < 4.78 is 10.9. The van der Waals surface area contributed by atoms with Crippen molar-refractivity contribution in [2.75, 3.05) is 26.7 Å². The van der Waals surface area contributed by atoms with E-state index >= 15 is 0 Å². The second-order valence-electron chi connectivity index (χ2n) is 7.75. The zero-order valence-electron chi connectivity index (χ0n) is 16.1. The fraction of sp³-hybridized carbons (Fsp3) is 0.476. The molecule has 1 saturated carbocycles. The summed E-state index contributed by atoms with van der Waals surface area (Å²) in [5, 5.41) is 0. The van der Waals surface area contributed by atoms with Crippen molar-refractivity contribution in [1.29, 1.82) is 0 Å². The van der Waals surface area contributed by atoms with Crippen LogP contribution in [0.2, 0.25) is 0 Å². The molecule has 0 unspecified atom stereocenters. The lowest BCUT2D eigenvalue weighted by Gasteiger charge is -2.26. The maximum Gasteiger partial charge on any atom is 0.276 e. The molecule has 2 heterocycles. The first kappa shape index (κ1) is 18.5. The van der Waals surface area contributed by atoms with Crippen LogP contribution in [0.4, 0.5) is 0 Å². The Morgan fingerprint density at radius 1 is 1.21 bits per heavy atom. The summed E-state index contributed by atoms with van der Waals surface area (Å²) in [6.07, 6.45) is 6.05. The van der Waals surface area contributed by atoms with Gasteiger partial charge in [-0.1, -0.05) is 12.1 Å². The zero-order valence-corrected chi connectivity index (χ0v) is 16.1. The van der Waals surface area contributed by atoms with Crippen molar-refractivity contribution in [3.05, 3.63) is 48.2 Å². The molecule has 7 heteroatoms. The normalized spacial score (nSPS) is 19.8. The van der Waals surface area contributed by atoms with E-state index in [-0.39, 0.29) is 17.2 Å². The van der Waals surface area contributed by atoms with Crippen molar-refractivity contribution in [3.8, 4) is 5.75 Å². The molecule has 1 spiro atoms. The number of benzene rings is 1. The lowest BCUT2D eigenvalue weighted by atomic mass is 10.1. The van der Waals surface area contributed by atoms with E-state index in [1.807, 2.05) is 36.2 Å². The number of fused-ring (bicyclic) bond motifs is 2. The first-order chi connectivity index (χ1) is 13.6. The Bertz CT molecular complexity index is 845. The van der Waals surface area contributed by atoms with Crippen LogP contribution >= 0.6 is 0 Å². The summed E-state index contributed by atoms with van der Waals surface area (Å²) in [6, 6.07) is 7.74. The molecule has 2 amide bonds. The molecular weight excluding hydrogens is 358 g/mol. The second kappa shape index (κ2) is 7.66. The Labute approximate surface area is 164 Å². The van der Waals surface area contributed by atoms with Gasteiger partial charge in [0.05, 0.1) is 5.41 Å². The molecular formula is C21H25N3O4. The summed E-state index contributed by atoms with van der Waals surface area (Å²) in [5.74, 6) is 0.731. The van der Waals surface area contributed by atoms with Gasteiger partial charge in [-0.3, -0.25) is 9.59 Å². The molecule has 1 fully saturated rings. The van der Waals surface area contributed by atoms with Gasteiger partial charge in [0.1, 0.15) is 18.6 Å². The van der Waals surface area contributed by atoms with Gasteiger partial charge in [0.2, 0.25) is 5.91 Å². The molecule has 0 N–H and O–H groups in total. The van der Waals surface area contributed by atoms with Crippen LogP contribution in [0.25, 0.3) is 0 Å². The highest BCUT2D eigenvalue weighted by Crippen LogP contribution is 2.47. The van der Waals surface area contributed by atoms with Gasteiger partial charge in [-0.2, -0.15) is 0 Å². The van der Waals surface area contributed by atoms with Crippen LogP contribution in [0.3, 0.4) is 0 Å². The van der Waals surface area contributed by atoms with E-state index in [1.165, 1.54) is 12.7 Å². The molecule has 7 nitrogen and oxygen atoms in total. The monoisotopic (exact) mass is 383 g/mol. The number of carbonyl (C=O) groups is 2. The SMILES string of the molecule is CN1CCCCN(C(=O)c2cocn2)Cc2cccc(c2)OCC2(CC2)C1=O. The predicted octanol–water partition coefficient (Wildman–Crippen LogP) is 2.73. The average Bonchev–Trinajstić information content (AvgIpc) is 3.30. The highest BCUT2D eigenvalue weighted by atomic mass is 16.5. The third kappa shape index (κ3) is 3.88. The maximum absolute atomic E-state index is 12.8. The van der Waals surface area contributed by atoms with Crippen molar-refractivity contribution in [2.24, 2.45) is 5.41 Å². The van der Waals surface area contributed by atoms with Crippen molar-refractivity contribution < 1.29 is 18.7 Å². The molecule has 1 aliphatic heterocycles. The van der Waals surface area contributed by atoms with Crippen LogP contribution in [0.5, 0.6) is 5.75 Å². The standard InChI is InChI=1S/C21H25N3O4/c1-23-9-2-3-10-24(19(25)18-13-27-15-22-18)12-16-5-4-6-17(11-16)28-14-21(7-8-21)20(23)26/h4-6,11,13,15H,2-3,7-10,12,14H2,1H3. The van der Waals surface area contributed by atoms with E-state index in [9.17, 15) is 9.59 Å². The zero-order chi connectivity index (χ0) is 19.6. The van der Waals surface area contributed by atoms with Crippen LogP contribution in [0.15, 0.2) is 41.3 Å². The number of nitrogens with zero attached hydrogens (tertiary/aromatic N) is 3. The van der Waals surface area contributed by atoms with Gasteiger partial charge in [0.15, 0.2) is 12.1 Å². The molecule has 0 saturated heterocycles. The van der Waals surface area contributed by atoms with E-state index in [4.69, 9.17) is 9.15 Å². The molecule has 28 heavy (non-hydrogen) atoms. The van der Waals surface area contributed by atoms with Crippen LogP contribution in [0.1, 0.15) is 41.7 Å². The Hall–Kier alpha value is -2.83. The van der Waals surface area contributed by atoms with E-state index in [0.717, 1.165) is 37.0 Å². The molecule has 0 atom stereocenters. The smallest absolute Gasteiger partial charge is 0.276 e. The lowest BCUT2D eigenvalue weighted by molar-refractivity contribution is -0.136. The van der Waals surface area contributed by atoms with Gasteiger partial charge >= 0.3 is 0 Å². The van der Waals surface area contributed by atoms with Crippen molar-refractivity contribution in [3.63, 3.8) is 0 Å². The Morgan fingerprint density at radius 3 is 2.79 bits per heavy atom. The predicted molar refractivity (Wildman–Crippen MR) is 102 cm³/mol. The molecule has 1 aromatic heterocycles. The van der Waals surface area contributed by atoms with E-state index in [0.29, 0.717) is 31.9 Å². The highest BCUT2D eigenvalue weighted by Gasteiger charge is 2.52. The number of hydrogen-bond donors (Lipinski definition) is 0. The molecule has 0 radical (unpaired) electrons. The number of ether oxygens (including phenoxy) is 1. The highest BCUT2D eigenvalue weighted by molar-refractivity contribution is 5.91. The Kier molecular flexibility index (Phi) is 5.07. The molecule has 2 bridgehead atoms. The van der Waals surface area contributed by atoms with Gasteiger partial charge in [-0.05, 0) is 43.4 Å². The molecule has 148 valence electrons. The minimum atomic E-state index is -0.357. The number of amides is 2. The largest absolute Gasteiger partial charge is 0.492 e. The van der Waals surface area contributed by atoms with Gasteiger partial charge in [-0.15, -0.1) is 0 Å². The third-order valence-corrected chi connectivity index (χ3v) is 5.55. The molecule has 4 rings (SSSR count). The summed E-state index contributed by atoms with van der Waals surface area (Å²) in [7, 11) is 1.85. The van der Waals surface area contributed by atoms with Crippen LogP contribution in [-0.2, 0) is 11.3 Å². The van der Waals surface area contributed by atoms with E-state index in [1.54, 1.807) is 4.90 Å². The molecule has 2 aromatic rings. The van der Waals surface area contributed by atoms with Crippen molar-refractivity contribution >= 4 is 11.8 Å². The Balaban J connectivity index is 1.57. The van der Waals surface area contributed by atoms with Gasteiger partial charge in [-0.25, -0.2) is 4.98 Å². The maximum atomic E-state index is 12.8. The second-order valence-corrected chi connectivity index (χ2v) is 7.75.